The van der Waals surface area contributed by atoms with Gasteiger partial charge >= 0.3 is 0 Å². The van der Waals surface area contributed by atoms with Crippen LogP contribution in [0.2, 0.25) is 0 Å². The SMILES string of the molecule is Cc1ccc(NC(=O)C2CCC(N)C2)cc1NC(=O)c1ccncc1. The molecular weight excluding hydrogens is 316 g/mol. The Bertz CT molecular complexity index is 776. The van der Waals surface area contributed by atoms with Crippen molar-refractivity contribution >= 4 is 23.2 Å². The lowest BCUT2D eigenvalue weighted by Crippen LogP contribution is -2.23. The molecule has 2 amide bonds. The minimum Gasteiger partial charge on any atom is -0.328 e. The third kappa shape index (κ3) is 4.22. The lowest BCUT2D eigenvalue weighted by atomic mass is 10.1. The number of carbonyl (C=O) groups excluding carboxylic acids is 2. The number of pyridine rings is 1. The zero-order chi connectivity index (χ0) is 17.8. The Kier molecular flexibility index (Phi) is 5.09. The van der Waals surface area contributed by atoms with Crippen molar-refractivity contribution in [3.63, 3.8) is 0 Å². The summed E-state index contributed by atoms with van der Waals surface area (Å²) in [5, 5.41) is 5.81. The maximum Gasteiger partial charge on any atom is 0.255 e. The van der Waals surface area contributed by atoms with Crippen LogP contribution in [0.3, 0.4) is 0 Å². The summed E-state index contributed by atoms with van der Waals surface area (Å²) in [5.74, 6) is -0.259. The normalized spacial score (nSPS) is 19.4. The summed E-state index contributed by atoms with van der Waals surface area (Å²) in [6.07, 6.45) is 5.59. The average molecular weight is 338 g/mol. The van der Waals surface area contributed by atoms with Crippen molar-refractivity contribution in [3.05, 3.63) is 53.9 Å². The minimum absolute atomic E-state index is 0.0109. The molecule has 1 aromatic heterocycles. The van der Waals surface area contributed by atoms with Gasteiger partial charge in [-0.2, -0.15) is 0 Å². The number of hydrogen-bond donors (Lipinski definition) is 3. The van der Waals surface area contributed by atoms with Gasteiger partial charge in [0.1, 0.15) is 0 Å². The molecule has 0 spiro atoms. The smallest absolute Gasteiger partial charge is 0.255 e. The van der Waals surface area contributed by atoms with Crippen LogP contribution in [0.25, 0.3) is 0 Å². The van der Waals surface area contributed by atoms with Crippen molar-refractivity contribution in [3.8, 4) is 0 Å². The van der Waals surface area contributed by atoms with Gasteiger partial charge in [-0.1, -0.05) is 6.07 Å². The Hall–Kier alpha value is -2.73. The van der Waals surface area contributed by atoms with Gasteiger partial charge in [0, 0.05) is 41.3 Å². The van der Waals surface area contributed by atoms with Gasteiger partial charge in [-0.3, -0.25) is 14.6 Å². The van der Waals surface area contributed by atoms with Gasteiger partial charge in [0.25, 0.3) is 5.91 Å². The highest BCUT2D eigenvalue weighted by molar-refractivity contribution is 6.05. The number of rotatable bonds is 4. The summed E-state index contributed by atoms with van der Waals surface area (Å²) >= 11 is 0. The second-order valence-corrected chi connectivity index (χ2v) is 6.48. The molecule has 1 aromatic carbocycles. The van der Waals surface area contributed by atoms with Crippen LogP contribution in [0.4, 0.5) is 11.4 Å². The maximum atomic E-state index is 12.3. The predicted molar refractivity (Wildman–Crippen MR) is 97.3 cm³/mol. The Balaban J connectivity index is 1.70. The van der Waals surface area contributed by atoms with Crippen LogP contribution in [0.5, 0.6) is 0 Å². The Morgan fingerprint density at radius 1 is 1.12 bits per heavy atom. The number of hydrogen-bond acceptors (Lipinski definition) is 4. The van der Waals surface area contributed by atoms with Crippen LogP contribution in [0.1, 0.15) is 35.2 Å². The first-order valence-corrected chi connectivity index (χ1v) is 8.41. The van der Waals surface area contributed by atoms with Crippen molar-refractivity contribution in [2.45, 2.75) is 32.2 Å². The van der Waals surface area contributed by atoms with Crippen LogP contribution in [0.15, 0.2) is 42.7 Å². The van der Waals surface area contributed by atoms with Gasteiger partial charge in [-0.15, -0.1) is 0 Å². The lowest BCUT2D eigenvalue weighted by Gasteiger charge is -2.14. The molecule has 1 saturated carbocycles. The Morgan fingerprint density at radius 3 is 2.56 bits per heavy atom. The molecule has 0 bridgehead atoms. The van der Waals surface area contributed by atoms with Crippen LogP contribution >= 0.6 is 0 Å². The molecule has 0 aliphatic heterocycles. The number of nitrogens with zero attached hydrogens (tertiary/aromatic N) is 1. The molecule has 4 N–H and O–H groups in total. The zero-order valence-electron chi connectivity index (χ0n) is 14.2. The fourth-order valence-electron chi connectivity index (χ4n) is 3.03. The number of amides is 2. The van der Waals surface area contributed by atoms with Crippen LogP contribution in [-0.2, 0) is 4.79 Å². The third-order valence-electron chi connectivity index (χ3n) is 4.54. The molecule has 3 rings (SSSR count). The summed E-state index contributed by atoms with van der Waals surface area (Å²) < 4.78 is 0. The molecular formula is C19H22N4O2. The summed E-state index contributed by atoms with van der Waals surface area (Å²) in [4.78, 5) is 28.5. The lowest BCUT2D eigenvalue weighted by molar-refractivity contribution is -0.119. The fourth-order valence-corrected chi connectivity index (χ4v) is 3.03. The quantitative estimate of drug-likeness (QED) is 0.798. The molecule has 0 saturated heterocycles. The van der Waals surface area contributed by atoms with E-state index >= 15 is 0 Å². The number of nitrogens with two attached hydrogens (primary N) is 1. The van der Waals surface area contributed by atoms with Crippen molar-refractivity contribution in [2.75, 3.05) is 10.6 Å². The third-order valence-corrected chi connectivity index (χ3v) is 4.54. The van der Waals surface area contributed by atoms with E-state index in [4.69, 9.17) is 5.73 Å². The van der Waals surface area contributed by atoms with E-state index in [1.165, 1.54) is 0 Å². The largest absolute Gasteiger partial charge is 0.328 e. The first-order valence-electron chi connectivity index (χ1n) is 8.41. The molecule has 2 aromatic rings. The Labute approximate surface area is 146 Å². The molecule has 1 heterocycles. The standard InChI is InChI=1S/C19H22N4O2/c1-12-2-5-16(22-19(25)14-3-4-15(20)10-14)11-17(12)23-18(24)13-6-8-21-9-7-13/h2,5-9,11,14-15H,3-4,10,20H2,1H3,(H,22,25)(H,23,24). The van der Waals surface area contributed by atoms with Gasteiger partial charge in [0.05, 0.1) is 0 Å². The fraction of sp³-hybridized carbons (Fsp3) is 0.316. The van der Waals surface area contributed by atoms with Crippen molar-refractivity contribution in [2.24, 2.45) is 11.7 Å². The van der Waals surface area contributed by atoms with Gasteiger partial charge in [0.2, 0.25) is 5.91 Å². The van der Waals surface area contributed by atoms with E-state index in [9.17, 15) is 9.59 Å². The van der Waals surface area contributed by atoms with Gasteiger partial charge in [-0.05, 0) is 56.0 Å². The highest BCUT2D eigenvalue weighted by atomic mass is 16.2. The molecule has 1 aliphatic rings. The van der Waals surface area contributed by atoms with Crippen LogP contribution < -0.4 is 16.4 Å². The molecule has 1 fully saturated rings. The first kappa shape index (κ1) is 17.1. The van der Waals surface area contributed by atoms with Gasteiger partial charge in [-0.25, -0.2) is 0 Å². The molecule has 25 heavy (non-hydrogen) atoms. The molecule has 1 aliphatic carbocycles. The minimum atomic E-state index is -0.212. The molecule has 6 nitrogen and oxygen atoms in total. The summed E-state index contributed by atoms with van der Waals surface area (Å²) in [5.41, 5.74) is 8.67. The predicted octanol–water partition coefficient (Wildman–Crippen LogP) is 2.71. The number of nitrogens with one attached hydrogen (secondary N) is 2. The number of benzene rings is 1. The number of aryl methyl sites for hydroxylation is 1. The molecule has 2 atom stereocenters. The first-order chi connectivity index (χ1) is 12.0. The topological polar surface area (TPSA) is 97.1 Å². The number of carbonyl (C=O) groups is 2. The van der Waals surface area contributed by atoms with E-state index in [1.807, 2.05) is 19.1 Å². The second-order valence-electron chi connectivity index (χ2n) is 6.48. The van der Waals surface area contributed by atoms with Crippen molar-refractivity contribution < 1.29 is 9.59 Å². The van der Waals surface area contributed by atoms with Crippen molar-refractivity contribution in [1.29, 1.82) is 0 Å². The Morgan fingerprint density at radius 2 is 1.88 bits per heavy atom. The van der Waals surface area contributed by atoms with E-state index in [0.717, 1.165) is 24.8 Å². The van der Waals surface area contributed by atoms with E-state index < -0.39 is 0 Å². The van der Waals surface area contributed by atoms with Gasteiger partial charge in [0.15, 0.2) is 0 Å². The molecule has 0 radical (unpaired) electrons. The summed E-state index contributed by atoms with van der Waals surface area (Å²) in [6, 6.07) is 8.91. The maximum absolute atomic E-state index is 12.3. The monoisotopic (exact) mass is 338 g/mol. The molecule has 2 unspecified atom stereocenters. The number of anilines is 2. The number of aromatic nitrogens is 1. The highest BCUT2D eigenvalue weighted by Crippen LogP contribution is 2.27. The van der Waals surface area contributed by atoms with Crippen LogP contribution in [-0.4, -0.2) is 22.8 Å². The zero-order valence-corrected chi connectivity index (χ0v) is 14.2. The van der Waals surface area contributed by atoms with E-state index in [-0.39, 0.29) is 23.8 Å². The van der Waals surface area contributed by atoms with E-state index in [0.29, 0.717) is 16.9 Å². The second kappa shape index (κ2) is 7.44. The summed E-state index contributed by atoms with van der Waals surface area (Å²) in [7, 11) is 0. The van der Waals surface area contributed by atoms with E-state index in [1.54, 1.807) is 30.6 Å². The van der Waals surface area contributed by atoms with Gasteiger partial charge < -0.3 is 16.4 Å². The highest BCUT2D eigenvalue weighted by Gasteiger charge is 2.27. The van der Waals surface area contributed by atoms with Crippen molar-refractivity contribution in [1.82, 2.24) is 4.98 Å². The molecule has 130 valence electrons. The average Bonchev–Trinajstić information content (AvgIpc) is 3.05. The van der Waals surface area contributed by atoms with Crippen LogP contribution in [0, 0.1) is 12.8 Å². The van der Waals surface area contributed by atoms with E-state index in [2.05, 4.69) is 15.6 Å². The summed E-state index contributed by atoms with van der Waals surface area (Å²) in [6.45, 7) is 1.91. The molecule has 6 heteroatoms.